The highest BCUT2D eigenvalue weighted by Crippen LogP contribution is 2.20. The smallest absolute Gasteiger partial charge is 0.258 e. The van der Waals surface area contributed by atoms with Gasteiger partial charge in [-0.2, -0.15) is 0 Å². The van der Waals surface area contributed by atoms with Gasteiger partial charge in [0.1, 0.15) is 5.82 Å². The molecule has 0 radical (unpaired) electrons. The van der Waals surface area contributed by atoms with Crippen molar-refractivity contribution in [3.63, 3.8) is 0 Å². The molecule has 1 saturated heterocycles. The predicted molar refractivity (Wildman–Crippen MR) is 104 cm³/mol. The maximum absolute atomic E-state index is 12.3. The van der Waals surface area contributed by atoms with E-state index in [0.29, 0.717) is 5.39 Å². The van der Waals surface area contributed by atoms with Crippen molar-refractivity contribution < 1.29 is 0 Å². The zero-order chi connectivity index (χ0) is 17.9. The minimum Gasteiger partial charge on any atom is -0.309 e. The van der Waals surface area contributed by atoms with E-state index in [1.54, 1.807) is 0 Å². The Morgan fingerprint density at radius 1 is 1.00 bits per heavy atom. The normalized spacial score (nSPS) is 17.4. The minimum atomic E-state index is -0.0554. The average molecular weight is 348 g/mol. The number of piperazine rings is 1. The number of fused-ring (bicyclic) bond motifs is 1. The highest BCUT2D eigenvalue weighted by Gasteiger charge is 2.23. The van der Waals surface area contributed by atoms with Gasteiger partial charge in [0.25, 0.3) is 5.56 Å². The summed E-state index contributed by atoms with van der Waals surface area (Å²) < 4.78 is 0. The molecule has 0 bridgehead atoms. The molecule has 1 aliphatic rings. The summed E-state index contributed by atoms with van der Waals surface area (Å²) in [6, 6.07) is 18.2. The van der Waals surface area contributed by atoms with Crippen LogP contribution in [-0.2, 0) is 6.54 Å². The Bertz CT molecular complexity index is 929. The Morgan fingerprint density at radius 3 is 2.46 bits per heavy atom. The number of para-hydroxylation sites is 1. The Kier molecular flexibility index (Phi) is 4.82. The van der Waals surface area contributed by atoms with Crippen LogP contribution in [0, 0.1) is 0 Å². The third kappa shape index (κ3) is 3.54. The molecule has 3 aromatic rings. The van der Waals surface area contributed by atoms with Crippen molar-refractivity contribution >= 4 is 10.9 Å². The minimum absolute atomic E-state index is 0.0554. The van der Waals surface area contributed by atoms with Gasteiger partial charge in [-0.15, -0.1) is 0 Å². The first-order valence-corrected chi connectivity index (χ1v) is 9.20. The molecule has 1 atom stereocenters. The first-order chi connectivity index (χ1) is 12.7. The van der Waals surface area contributed by atoms with Gasteiger partial charge in [0, 0.05) is 32.7 Å². The summed E-state index contributed by atoms with van der Waals surface area (Å²) in [5, 5.41) is 0.649. The zero-order valence-corrected chi connectivity index (χ0v) is 15.1. The summed E-state index contributed by atoms with van der Waals surface area (Å²) in [4.78, 5) is 24.9. The molecule has 0 amide bonds. The molecule has 2 aromatic carbocycles. The van der Waals surface area contributed by atoms with Crippen LogP contribution < -0.4 is 5.56 Å². The van der Waals surface area contributed by atoms with E-state index in [-0.39, 0.29) is 11.6 Å². The lowest BCUT2D eigenvalue weighted by Crippen LogP contribution is -2.47. The fourth-order valence-electron chi connectivity index (χ4n) is 3.63. The van der Waals surface area contributed by atoms with Gasteiger partial charge in [-0.1, -0.05) is 42.5 Å². The second-order valence-corrected chi connectivity index (χ2v) is 6.94. The number of nitrogens with one attached hydrogen (secondary N) is 1. The quantitative estimate of drug-likeness (QED) is 0.788. The summed E-state index contributed by atoms with van der Waals surface area (Å²) in [7, 11) is 0. The Morgan fingerprint density at radius 2 is 1.69 bits per heavy atom. The molecule has 1 N–H and O–H groups in total. The van der Waals surface area contributed by atoms with Crippen molar-refractivity contribution in [2.24, 2.45) is 0 Å². The number of nitrogens with zero attached hydrogens (tertiary/aromatic N) is 3. The number of aromatic nitrogens is 2. The Labute approximate surface area is 153 Å². The molecular weight excluding hydrogens is 324 g/mol. The first kappa shape index (κ1) is 16.9. The van der Waals surface area contributed by atoms with E-state index < -0.39 is 0 Å². The Balaban J connectivity index is 1.43. The van der Waals surface area contributed by atoms with Gasteiger partial charge in [-0.25, -0.2) is 4.98 Å². The van der Waals surface area contributed by atoms with Gasteiger partial charge in [-0.05, 0) is 24.6 Å². The monoisotopic (exact) mass is 348 g/mol. The van der Waals surface area contributed by atoms with E-state index in [0.717, 1.165) is 44.1 Å². The van der Waals surface area contributed by atoms with Crippen molar-refractivity contribution in [1.29, 1.82) is 0 Å². The molecule has 0 unspecified atom stereocenters. The molecule has 4 rings (SSSR count). The third-order valence-corrected chi connectivity index (χ3v) is 5.23. The molecule has 26 heavy (non-hydrogen) atoms. The van der Waals surface area contributed by atoms with Crippen molar-refractivity contribution in [3.05, 3.63) is 76.3 Å². The van der Waals surface area contributed by atoms with Gasteiger partial charge in [0.15, 0.2) is 0 Å². The third-order valence-electron chi connectivity index (χ3n) is 5.23. The highest BCUT2D eigenvalue weighted by atomic mass is 16.1. The van der Waals surface area contributed by atoms with E-state index in [2.05, 4.69) is 57.0 Å². The van der Waals surface area contributed by atoms with Crippen LogP contribution in [0.4, 0.5) is 0 Å². The van der Waals surface area contributed by atoms with E-state index in [1.807, 2.05) is 24.3 Å². The van der Waals surface area contributed by atoms with Crippen molar-refractivity contribution in [2.75, 3.05) is 26.2 Å². The van der Waals surface area contributed by atoms with Crippen LogP contribution in [0.1, 0.15) is 24.4 Å². The van der Waals surface area contributed by atoms with Crippen LogP contribution in [0.25, 0.3) is 10.9 Å². The predicted octanol–water partition coefficient (Wildman–Crippen LogP) is 2.80. The summed E-state index contributed by atoms with van der Waals surface area (Å²) >= 11 is 0. The molecule has 5 nitrogen and oxygen atoms in total. The average Bonchev–Trinajstić information content (AvgIpc) is 2.69. The maximum Gasteiger partial charge on any atom is 0.258 e. The molecule has 1 fully saturated rings. The van der Waals surface area contributed by atoms with Crippen molar-refractivity contribution in [3.8, 4) is 0 Å². The number of hydrogen-bond donors (Lipinski definition) is 1. The number of rotatable bonds is 4. The molecule has 1 aliphatic heterocycles. The van der Waals surface area contributed by atoms with Crippen molar-refractivity contribution in [2.45, 2.75) is 19.5 Å². The summed E-state index contributed by atoms with van der Waals surface area (Å²) in [6.07, 6.45) is 0. The van der Waals surface area contributed by atoms with Crippen LogP contribution in [0.2, 0.25) is 0 Å². The molecule has 2 heterocycles. The molecular formula is C21H24N4O. The second kappa shape index (κ2) is 7.40. The van der Waals surface area contributed by atoms with Crippen LogP contribution in [0.3, 0.4) is 0 Å². The summed E-state index contributed by atoms with van der Waals surface area (Å²) in [5.74, 6) is 0.755. The topological polar surface area (TPSA) is 52.2 Å². The van der Waals surface area contributed by atoms with E-state index in [1.165, 1.54) is 5.56 Å². The number of H-pyrrole nitrogens is 1. The first-order valence-electron chi connectivity index (χ1n) is 9.20. The van der Waals surface area contributed by atoms with Crippen LogP contribution in [0.15, 0.2) is 59.4 Å². The summed E-state index contributed by atoms with van der Waals surface area (Å²) in [6.45, 7) is 7.12. The largest absolute Gasteiger partial charge is 0.309 e. The molecule has 0 aliphatic carbocycles. The van der Waals surface area contributed by atoms with E-state index in [4.69, 9.17) is 0 Å². The van der Waals surface area contributed by atoms with E-state index >= 15 is 0 Å². The van der Waals surface area contributed by atoms with Gasteiger partial charge >= 0.3 is 0 Å². The van der Waals surface area contributed by atoms with Crippen LogP contribution in [0.5, 0.6) is 0 Å². The van der Waals surface area contributed by atoms with Gasteiger partial charge in [0.2, 0.25) is 0 Å². The molecule has 5 heteroatoms. The molecule has 0 spiro atoms. The maximum atomic E-state index is 12.3. The SMILES string of the molecule is C[C@H](c1nc2ccccc2c(=O)[nH]1)N1CCN(Cc2ccccc2)CC1. The van der Waals surface area contributed by atoms with Crippen LogP contribution in [-0.4, -0.2) is 45.9 Å². The van der Waals surface area contributed by atoms with Gasteiger partial charge in [0.05, 0.1) is 16.9 Å². The lowest BCUT2D eigenvalue weighted by atomic mass is 10.1. The van der Waals surface area contributed by atoms with Gasteiger partial charge < -0.3 is 4.98 Å². The fourth-order valence-corrected chi connectivity index (χ4v) is 3.63. The second-order valence-electron chi connectivity index (χ2n) is 6.94. The number of hydrogen-bond acceptors (Lipinski definition) is 4. The lowest BCUT2D eigenvalue weighted by Gasteiger charge is -2.37. The van der Waals surface area contributed by atoms with Gasteiger partial charge in [-0.3, -0.25) is 14.6 Å². The zero-order valence-electron chi connectivity index (χ0n) is 15.1. The summed E-state index contributed by atoms with van der Waals surface area (Å²) in [5.41, 5.74) is 2.07. The van der Waals surface area contributed by atoms with Crippen LogP contribution >= 0.6 is 0 Å². The molecule has 1 aromatic heterocycles. The number of benzene rings is 2. The lowest BCUT2D eigenvalue weighted by molar-refractivity contribution is 0.0948. The standard InChI is InChI=1S/C21H24N4O/c1-16(20-22-19-10-6-5-9-18(19)21(26)23-20)25-13-11-24(12-14-25)15-17-7-3-2-4-8-17/h2-10,16H,11-15H2,1H3,(H,22,23,26)/t16-/m1/s1. The van der Waals surface area contributed by atoms with Crippen molar-refractivity contribution in [1.82, 2.24) is 19.8 Å². The van der Waals surface area contributed by atoms with E-state index in [9.17, 15) is 4.79 Å². The molecule has 134 valence electrons. The fraction of sp³-hybridized carbons (Fsp3) is 0.333. The molecule has 0 saturated carbocycles. The highest BCUT2D eigenvalue weighted by molar-refractivity contribution is 5.77. The Hall–Kier alpha value is -2.50. The number of aromatic amines is 1.